The fourth-order valence-electron chi connectivity index (χ4n) is 5.20. The summed E-state index contributed by atoms with van der Waals surface area (Å²) in [6, 6.07) is 0.141. The number of hydrogen-bond donors (Lipinski definition) is 1. The summed E-state index contributed by atoms with van der Waals surface area (Å²) in [6.07, 6.45) is 8.02. The average Bonchev–Trinajstić information content (AvgIpc) is 3.29. The van der Waals surface area contributed by atoms with Crippen LogP contribution in [-0.4, -0.2) is 23.4 Å². The molecule has 0 spiro atoms. The zero-order valence-corrected chi connectivity index (χ0v) is 18.5. The first kappa shape index (κ1) is 14.7. The Morgan fingerprint density at radius 2 is 2.28 bits per heavy atom. The lowest BCUT2D eigenvalue weighted by molar-refractivity contribution is 0.146. The molecule has 5 aliphatic rings. The van der Waals surface area contributed by atoms with Gasteiger partial charge in [-0.25, -0.2) is 4.99 Å². The minimum absolute atomic E-state index is 0.0448. The van der Waals surface area contributed by atoms with E-state index in [1.54, 1.807) is 17.8 Å². The average molecular weight is 416 g/mol. The third-order valence-electron chi connectivity index (χ3n) is 6.53. The predicted octanol–water partition coefficient (Wildman–Crippen LogP) is 6.12. The highest BCUT2D eigenvalue weighted by Gasteiger charge is 2.45. The normalized spacial score (nSPS) is 39.9. The van der Waals surface area contributed by atoms with E-state index < -0.39 is 24.9 Å². The standard InChI is InChI=1S/C25H34N2OS/c1-14-9-10-18-17-7-6-8-19(22(17)28-23(18)26-14)20-12-11-16-15(2)21(13-25(3,4)5)29-24(16)27-20/h9-11,17-18,20,23-24,27H,6-8,12-13H2,1-5H3/t17-,18?,20+,23?,24+/m0/s1/i1D3,13D2. The van der Waals surface area contributed by atoms with Crippen LogP contribution in [0, 0.1) is 17.3 Å². The second-order valence-corrected chi connectivity index (χ2v) is 10.9. The molecule has 0 saturated carbocycles. The van der Waals surface area contributed by atoms with Crippen molar-refractivity contribution in [3.8, 4) is 0 Å². The fourth-order valence-corrected chi connectivity index (χ4v) is 6.72. The largest absolute Gasteiger partial charge is 0.472 e. The summed E-state index contributed by atoms with van der Waals surface area (Å²) in [7, 11) is 0. The Morgan fingerprint density at radius 1 is 1.41 bits per heavy atom. The molecule has 2 unspecified atom stereocenters. The maximum absolute atomic E-state index is 8.80. The summed E-state index contributed by atoms with van der Waals surface area (Å²) in [6.45, 7) is 5.71. The van der Waals surface area contributed by atoms with Crippen LogP contribution in [0.15, 0.2) is 50.6 Å². The molecule has 4 heteroatoms. The van der Waals surface area contributed by atoms with Crippen LogP contribution >= 0.6 is 11.8 Å². The summed E-state index contributed by atoms with van der Waals surface area (Å²) in [4.78, 5) is 5.30. The number of nitrogens with zero attached hydrogens (tertiary/aromatic N) is 1. The number of nitrogens with one attached hydrogen (secondary N) is 1. The molecule has 0 aromatic heterocycles. The van der Waals surface area contributed by atoms with Crippen molar-refractivity contribution >= 4 is 17.5 Å². The van der Waals surface area contributed by atoms with Gasteiger partial charge in [-0.15, -0.1) is 11.8 Å². The Kier molecular flexibility index (Phi) is 3.63. The molecule has 3 nitrogen and oxygen atoms in total. The summed E-state index contributed by atoms with van der Waals surface area (Å²) < 4.78 is 47.1. The number of hydrogen-bond acceptors (Lipinski definition) is 4. The molecule has 4 heterocycles. The zero-order valence-electron chi connectivity index (χ0n) is 22.7. The Morgan fingerprint density at radius 3 is 3.07 bits per heavy atom. The molecule has 0 bridgehead atoms. The quantitative estimate of drug-likeness (QED) is 0.590. The number of dihydropyridines is 1. The van der Waals surface area contributed by atoms with Crippen molar-refractivity contribution in [2.75, 3.05) is 0 Å². The minimum Gasteiger partial charge on any atom is -0.472 e. The summed E-state index contributed by atoms with van der Waals surface area (Å²) >= 11 is 1.62. The maximum Gasteiger partial charge on any atom is 0.196 e. The van der Waals surface area contributed by atoms with Gasteiger partial charge in [0, 0.05) is 30.4 Å². The van der Waals surface area contributed by atoms with E-state index in [1.165, 1.54) is 11.1 Å². The minimum atomic E-state index is -2.22. The fraction of sp³-hybridized carbons (Fsp3) is 0.640. The molecule has 0 amide bonds. The van der Waals surface area contributed by atoms with Crippen molar-refractivity contribution in [1.29, 1.82) is 0 Å². The van der Waals surface area contributed by atoms with Crippen molar-refractivity contribution in [2.45, 2.75) is 84.2 Å². The van der Waals surface area contributed by atoms with Crippen LogP contribution in [0.4, 0.5) is 0 Å². The summed E-state index contributed by atoms with van der Waals surface area (Å²) in [5.74, 6) is 1.36. The third-order valence-corrected chi connectivity index (χ3v) is 7.80. The molecular formula is C25H34N2OS. The van der Waals surface area contributed by atoms with Gasteiger partial charge in [0.15, 0.2) is 6.23 Å². The molecule has 1 aliphatic carbocycles. The van der Waals surface area contributed by atoms with E-state index in [4.69, 9.17) is 11.6 Å². The molecule has 0 aromatic carbocycles. The Balaban J connectivity index is 1.39. The van der Waals surface area contributed by atoms with Crippen LogP contribution in [-0.2, 0) is 4.74 Å². The molecule has 156 valence electrons. The van der Waals surface area contributed by atoms with E-state index in [0.29, 0.717) is 0 Å². The molecule has 1 N–H and O–H groups in total. The number of ether oxygens (including phenoxy) is 1. The van der Waals surface area contributed by atoms with E-state index in [9.17, 15) is 0 Å². The van der Waals surface area contributed by atoms with Crippen LogP contribution in [0.3, 0.4) is 0 Å². The van der Waals surface area contributed by atoms with Gasteiger partial charge < -0.3 is 4.74 Å². The lowest BCUT2D eigenvalue weighted by atomic mass is 9.78. The van der Waals surface area contributed by atoms with E-state index >= 15 is 0 Å². The number of fused-ring (bicyclic) bond motifs is 4. The summed E-state index contributed by atoms with van der Waals surface area (Å²) in [5.41, 5.74) is 3.20. The first-order valence-electron chi connectivity index (χ1n) is 13.3. The van der Waals surface area contributed by atoms with E-state index in [1.807, 2.05) is 26.8 Å². The third kappa shape index (κ3) is 3.57. The zero-order chi connectivity index (χ0) is 24.6. The van der Waals surface area contributed by atoms with E-state index in [0.717, 1.165) is 41.9 Å². The van der Waals surface area contributed by atoms with Gasteiger partial charge in [0.05, 0.1) is 5.37 Å². The molecule has 5 atom stereocenters. The number of aliphatic imine (C=N–C) groups is 1. The molecule has 0 aromatic rings. The molecule has 1 saturated heterocycles. The SMILES string of the molecule is [2H]C([2H])([2H])C1=NC2OC3=C([C@H]4CC=C5C(C)=C(C([2H])([2H])C(C)(C)C)S[C@H]5N4)CCC[C@H]3C2C=C1. The highest BCUT2D eigenvalue weighted by atomic mass is 32.2. The van der Waals surface area contributed by atoms with Crippen LogP contribution < -0.4 is 5.32 Å². The lowest BCUT2D eigenvalue weighted by Crippen LogP contribution is -2.42. The van der Waals surface area contributed by atoms with Crippen molar-refractivity contribution < 1.29 is 11.6 Å². The maximum atomic E-state index is 8.80. The van der Waals surface area contributed by atoms with Crippen molar-refractivity contribution in [1.82, 2.24) is 5.32 Å². The number of allylic oxidation sites excluding steroid dienone is 3. The Hall–Kier alpha value is -1.26. The predicted molar refractivity (Wildman–Crippen MR) is 123 cm³/mol. The monoisotopic (exact) mass is 415 g/mol. The van der Waals surface area contributed by atoms with E-state index in [-0.39, 0.29) is 29.0 Å². The second kappa shape index (κ2) is 7.16. The van der Waals surface area contributed by atoms with Crippen LogP contribution in [0.2, 0.25) is 0 Å². The van der Waals surface area contributed by atoms with Gasteiger partial charge in [-0.2, -0.15) is 0 Å². The topological polar surface area (TPSA) is 33.6 Å². The van der Waals surface area contributed by atoms with Crippen molar-refractivity contribution in [2.24, 2.45) is 22.2 Å². The van der Waals surface area contributed by atoms with Gasteiger partial charge in [-0.05, 0) is 78.9 Å². The van der Waals surface area contributed by atoms with Gasteiger partial charge in [0.25, 0.3) is 0 Å². The lowest BCUT2D eigenvalue weighted by Gasteiger charge is -2.33. The molecule has 1 fully saturated rings. The molecule has 0 radical (unpaired) electrons. The Bertz CT molecular complexity index is 1050. The first-order valence-corrected chi connectivity index (χ1v) is 11.7. The highest BCUT2D eigenvalue weighted by molar-refractivity contribution is 8.04. The Labute approximate surface area is 186 Å². The second-order valence-electron chi connectivity index (χ2n) is 9.79. The molecule has 29 heavy (non-hydrogen) atoms. The van der Waals surface area contributed by atoms with Crippen LogP contribution in [0.1, 0.15) is 73.5 Å². The van der Waals surface area contributed by atoms with Crippen LogP contribution in [0.25, 0.3) is 0 Å². The number of rotatable bonds is 2. The van der Waals surface area contributed by atoms with Gasteiger partial charge in [0.2, 0.25) is 0 Å². The first-order chi connectivity index (χ1) is 15.8. The van der Waals surface area contributed by atoms with Crippen LogP contribution in [0.5, 0.6) is 0 Å². The molecule has 5 rings (SSSR count). The molecule has 4 aliphatic heterocycles. The summed E-state index contributed by atoms with van der Waals surface area (Å²) in [5, 5.41) is 3.85. The highest BCUT2D eigenvalue weighted by Crippen LogP contribution is 2.50. The molecular weight excluding hydrogens is 376 g/mol. The smallest absolute Gasteiger partial charge is 0.196 e. The van der Waals surface area contributed by atoms with Crippen molar-refractivity contribution in [3.63, 3.8) is 0 Å². The van der Waals surface area contributed by atoms with E-state index in [2.05, 4.69) is 23.3 Å². The van der Waals surface area contributed by atoms with Gasteiger partial charge in [-0.3, -0.25) is 5.32 Å². The van der Waals surface area contributed by atoms with Crippen molar-refractivity contribution in [3.05, 3.63) is 45.6 Å². The van der Waals surface area contributed by atoms with Gasteiger partial charge in [0.1, 0.15) is 5.76 Å². The number of thioether (sulfide) groups is 1. The van der Waals surface area contributed by atoms with Gasteiger partial charge in [-0.1, -0.05) is 32.9 Å². The van der Waals surface area contributed by atoms with Gasteiger partial charge >= 0.3 is 0 Å².